The summed E-state index contributed by atoms with van der Waals surface area (Å²) in [5.74, 6) is -1.67. The van der Waals surface area contributed by atoms with Crippen LogP contribution < -0.4 is 4.90 Å². The Morgan fingerprint density at radius 1 is 1.23 bits per heavy atom. The summed E-state index contributed by atoms with van der Waals surface area (Å²) < 4.78 is 35.8. The van der Waals surface area contributed by atoms with Crippen LogP contribution in [0, 0.1) is 0 Å². The molecule has 1 amide bonds. The number of methoxy groups -OCH3 is 1. The summed E-state index contributed by atoms with van der Waals surface area (Å²) in [7, 11) is -2.96. The number of nitrogens with zero attached hydrogens (tertiary/aromatic N) is 1. The first-order chi connectivity index (χ1) is 9.84. The van der Waals surface area contributed by atoms with Gasteiger partial charge in [-0.1, -0.05) is 32.0 Å². The van der Waals surface area contributed by atoms with Crippen LogP contribution in [0.3, 0.4) is 0 Å². The average Bonchev–Trinajstić information content (AvgIpc) is 2.42. The van der Waals surface area contributed by atoms with Gasteiger partial charge >= 0.3 is 0 Å². The number of anilines is 1. The van der Waals surface area contributed by atoms with Crippen molar-refractivity contribution in [3.05, 3.63) is 29.3 Å². The van der Waals surface area contributed by atoms with Crippen LogP contribution in [0.2, 0.25) is 0 Å². The molecule has 6 nitrogen and oxygen atoms in total. The number of carbonyl (C=O) groups is 1. The van der Waals surface area contributed by atoms with Crippen molar-refractivity contribution in [2.24, 2.45) is 0 Å². The van der Waals surface area contributed by atoms with Crippen molar-refractivity contribution in [3.8, 4) is 0 Å². The molecule has 1 aromatic carbocycles. The molecule has 1 aromatic rings. The molecule has 8 heteroatoms. The van der Waals surface area contributed by atoms with Gasteiger partial charge in [0.05, 0.1) is 5.69 Å². The summed E-state index contributed by atoms with van der Waals surface area (Å²) in [5.41, 5.74) is 2.52. The molecule has 119 valence electrons. The molecule has 0 unspecified atom stereocenters. The van der Waals surface area contributed by atoms with E-state index < -0.39 is 21.8 Å². The molecule has 0 atom stereocenters. The first kappa shape index (κ1) is 21.6. The number of para-hydroxylation sites is 1. The average molecular weight is 338 g/mol. The van der Waals surface area contributed by atoms with Gasteiger partial charge in [0, 0.05) is 36.7 Å². The van der Waals surface area contributed by atoms with Gasteiger partial charge in [-0.15, -0.1) is 0 Å². The predicted octanol–water partition coefficient (Wildman–Crippen LogP) is 1.26. The Bertz CT molecular complexity index is 581. The van der Waals surface area contributed by atoms with Gasteiger partial charge in [0.25, 0.3) is 10.1 Å². The molecule has 1 rings (SSSR count). The topological polar surface area (TPSA) is 83.9 Å². The first-order valence-corrected chi connectivity index (χ1v) is 8.30. The summed E-state index contributed by atoms with van der Waals surface area (Å²) in [5, 5.41) is 0. The number of amides is 1. The van der Waals surface area contributed by atoms with E-state index in [1.807, 2.05) is 32.0 Å². The minimum Gasteiger partial charge on any atom is -0.364 e. The SMILES string of the molecule is CCc1cccc(CC)c1N(COC)C(=O)CS(=O)(=O)O.[Na]. The molecule has 0 aromatic heterocycles. The van der Waals surface area contributed by atoms with Crippen LogP contribution in [0.25, 0.3) is 0 Å². The van der Waals surface area contributed by atoms with Gasteiger partial charge in [0.1, 0.15) is 6.73 Å². The van der Waals surface area contributed by atoms with Crippen LogP contribution in [-0.4, -0.2) is 68.0 Å². The molecular weight excluding hydrogens is 317 g/mol. The van der Waals surface area contributed by atoms with E-state index in [0.717, 1.165) is 11.1 Å². The third kappa shape index (κ3) is 5.98. The Morgan fingerprint density at radius 2 is 1.73 bits per heavy atom. The Hall–Kier alpha value is -0.440. The molecule has 0 bridgehead atoms. The van der Waals surface area contributed by atoms with Gasteiger partial charge in [0.15, 0.2) is 5.75 Å². The summed E-state index contributed by atoms with van der Waals surface area (Å²) >= 11 is 0. The zero-order chi connectivity index (χ0) is 16.0. The van der Waals surface area contributed by atoms with Crippen molar-refractivity contribution < 1.29 is 22.5 Å². The summed E-state index contributed by atoms with van der Waals surface area (Å²) in [6.07, 6.45) is 1.39. The summed E-state index contributed by atoms with van der Waals surface area (Å²) in [6, 6.07) is 5.68. The van der Waals surface area contributed by atoms with Crippen LogP contribution in [0.15, 0.2) is 18.2 Å². The Kier molecular flexibility index (Phi) is 9.45. The molecule has 1 N–H and O–H groups in total. The zero-order valence-electron chi connectivity index (χ0n) is 13.5. The number of hydrogen-bond donors (Lipinski definition) is 1. The monoisotopic (exact) mass is 338 g/mol. The quantitative estimate of drug-likeness (QED) is 0.460. The first-order valence-electron chi connectivity index (χ1n) is 6.69. The maximum atomic E-state index is 12.2. The van der Waals surface area contributed by atoms with E-state index in [4.69, 9.17) is 9.29 Å². The zero-order valence-corrected chi connectivity index (χ0v) is 16.3. The maximum absolute atomic E-state index is 12.2. The number of aryl methyl sites for hydroxylation is 2. The van der Waals surface area contributed by atoms with Crippen LogP contribution >= 0.6 is 0 Å². The number of benzene rings is 1. The smallest absolute Gasteiger partial charge is 0.274 e. The Morgan fingerprint density at radius 3 is 2.09 bits per heavy atom. The number of rotatable bonds is 7. The third-order valence-electron chi connectivity index (χ3n) is 3.10. The van der Waals surface area contributed by atoms with E-state index >= 15 is 0 Å². The maximum Gasteiger partial charge on any atom is 0.274 e. The van der Waals surface area contributed by atoms with Crippen molar-refractivity contribution in [3.63, 3.8) is 0 Å². The van der Waals surface area contributed by atoms with E-state index in [2.05, 4.69) is 0 Å². The van der Waals surface area contributed by atoms with E-state index in [-0.39, 0.29) is 36.3 Å². The number of hydrogen-bond acceptors (Lipinski definition) is 4. The molecule has 1 radical (unpaired) electrons. The summed E-state index contributed by atoms with van der Waals surface area (Å²) in [4.78, 5) is 13.5. The van der Waals surface area contributed by atoms with E-state index in [0.29, 0.717) is 18.5 Å². The van der Waals surface area contributed by atoms with Crippen molar-refractivity contribution in [1.82, 2.24) is 0 Å². The molecule has 0 fully saturated rings. The minimum atomic E-state index is -4.38. The molecule has 0 saturated carbocycles. The molecular formula is C14H21NNaO5S. The Labute approximate surface area is 153 Å². The second-order valence-corrected chi connectivity index (χ2v) is 6.05. The van der Waals surface area contributed by atoms with Crippen molar-refractivity contribution >= 4 is 51.3 Å². The van der Waals surface area contributed by atoms with Crippen LogP contribution in [0.1, 0.15) is 25.0 Å². The fourth-order valence-electron chi connectivity index (χ4n) is 2.19. The third-order valence-corrected chi connectivity index (χ3v) is 3.71. The molecule has 0 aliphatic rings. The molecule has 0 saturated heterocycles. The molecule has 22 heavy (non-hydrogen) atoms. The van der Waals surface area contributed by atoms with Crippen molar-refractivity contribution in [2.75, 3.05) is 24.5 Å². The van der Waals surface area contributed by atoms with Crippen LogP contribution in [0.4, 0.5) is 5.69 Å². The van der Waals surface area contributed by atoms with Crippen molar-refractivity contribution in [2.45, 2.75) is 26.7 Å². The number of ether oxygens (including phenoxy) is 1. The molecule has 0 aliphatic carbocycles. The van der Waals surface area contributed by atoms with Gasteiger partial charge in [-0.05, 0) is 24.0 Å². The van der Waals surface area contributed by atoms with E-state index in [1.165, 1.54) is 12.0 Å². The number of carbonyl (C=O) groups excluding carboxylic acids is 1. The van der Waals surface area contributed by atoms with Crippen molar-refractivity contribution in [1.29, 1.82) is 0 Å². The van der Waals surface area contributed by atoms with Crippen LogP contribution in [-0.2, 0) is 32.5 Å². The van der Waals surface area contributed by atoms with Gasteiger partial charge in [0.2, 0.25) is 5.91 Å². The van der Waals surface area contributed by atoms with E-state index in [9.17, 15) is 13.2 Å². The summed E-state index contributed by atoms with van der Waals surface area (Å²) in [6.45, 7) is 3.84. The normalized spacial score (nSPS) is 10.9. The second-order valence-electron chi connectivity index (χ2n) is 4.60. The Balaban J connectivity index is 0.00000441. The van der Waals surface area contributed by atoms with Gasteiger partial charge in [-0.25, -0.2) is 0 Å². The second kappa shape index (κ2) is 9.64. The predicted molar refractivity (Wildman–Crippen MR) is 86.7 cm³/mol. The van der Waals surface area contributed by atoms with Gasteiger partial charge in [-0.3, -0.25) is 14.2 Å². The molecule has 0 spiro atoms. The van der Waals surface area contributed by atoms with Gasteiger partial charge in [-0.2, -0.15) is 8.42 Å². The largest absolute Gasteiger partial charge is 0.364 e. The minimum absolute atomic E-state index is 0. The fraction of sp³-hybridized carbons (Fsp3) is 0.500. The standard InChI is InChI=1S/C14H21NO5S.Na/c1-4-11-7-6-8-12(5-2)14(11)15(10-20-3)13(16)9-21(17,18)19;/h6-8H,4-5,9-10H2,1-3H3,(H,17,18,19);. The van der Waals surface area contributed by atoms with E-state index in [1.54, 1.807) is 0 Å². The molecule has 0 aliphatic heterocycles. The molecule has 0 heterocycles. The van der Waals surface area contributed by atoms with Gasteiger partial charge < -0.3 is 4.74 Å². The fourth-order valence-corrected chi connectivity index (χ4v) is 2.65. The van der Waals surface area contributed by atoms with Crippen LogP contribution in [0.5, 0.6) is 0 Å².